The number of pyridine rings is 1. The molecule has 3 unspecified atom stereocenters. The number of nitrogens with one attached hydrogen (secondary N) is 4. The minimum atomic E-state index is -0.290. The van der Waals surface area contributed by atoms with Crippen molar-refractivity contribution < 1.29 is 14.4 Å². The number of anilines is 1. The third-order valence-electron chi connectivity index (χ3n) is 6.20. The number of carbonyl (C=O) groups is 3. The van der Waals surface area contributed by atoms with Crippen LogP contribution in [0.5, 0.6) is 0 Å². The van der Waals surface area contributed by atoms with Gasteiger partial charge in [-0.3, -0.25) is 19.5 Å². The number of thioether (sulfide) groups is 1. The Morgan fingerprint density at radius 3 is 2.94 bits per heavy atom. The van der Waals surface area contributed by atoms with E-state index < -0.39 is 0 Å². The molecule has 0 spiro atoms. The average molecular weight is 483 g/mol. The number of nitrogens with zero attached hydrogens (tertiary/aromatic N) is 2. The van der Waals surface area contributed by atoms with Crippen LogP contribution in [0.1, 0.15) is 24.8 Å². The lowest BCUT2D eigenvalue weighted by Crippen LogP contribution is -2.58. The molecule has 34 heavy (non-hydrogen) atoms. The molecule has 10 heteroatoms. The monoisotopic (exact) mass is 482 g/mol. The number of amides is 4. The summed E-state index contributed by atoms with van der Waals surface area (Å²) in [7, 11) is 0. The Hall–Kier alpha value is -3.11. The van der Waals surface area contributed by atoms with Crippen LogP contribution >= 0.6 is 11.8 Å². The molecular weight excluding hydrogens is 452 g/mol. The molecule has 9 nitrogen and oxygen atoms in total. The van der Waals surface area contributed by atoms with Gasteiger partial charge >= 0.3 is 6.03 Å². The molecule has 1 aromatic carbocycles. The predicted molar refractivity (Wildman–Crippen MR) is 131 cm³/mol. The molecule has 0 bridgehead atoms. The van der Waals surface area contributed by atoms with E-state index in [1.807, 2.05) is 42.7 Å². The number of aromatic nitrogens is 1. The van der Waals surface area contributed by atoms with Gasteiger partial charge in [-0.25, -0.2) is 4.79 Å². The quantitative estimate of drug-likeness (QED) is 0.428. The van der Waals surface area contributed by atoms with Crippen LogP contribution in [-0.4, -0.2) is 65.2 Å². The van der Waals surface area contributed by atoms with Crippen LogP contribution in [-0.2, 0) is 16.1 Å². The number of piperazine rings is 1. The second-order valence-electron chi connectivity index (χ2n) is 8.55. The lowest BCUT2D eigenvalue weighted by Gasteiger charge is -2.37. The van der Waals surface area contributed by atoms with Gasteiger partial charge in [0.1, 0.15) is 0 Å². The lowest BCUT2D eigenvalue weighted by molar-refractivity contribution is -0.129. The van der Waals surface area contributed by atoms with Crippen molar-refractivity contribution in [2.75, 3.05) is 24.7 Å². The normalized spacial score (nSPS) is 21.9. The third kappa shape index (κ3) is 6.27. The summed E-state index contributed by atoms with van der Waals surface area (Å²) >= 11 is 1.61. The van der Waals surface area contributed by atoms with Crippen LogP contribution < -0.4 is 21.3 Å². The first-order chi connectivity index (χ1) is 16.5. The second kappa shape index (κ2) is 11.3. The second-order valence-corrected chi connectivity index (χ2v) is 9.43. The molecule has 4 N–H and O–H groups in total. The fourth-order valence-corrected chi connectivity index (χ4v) is 4.95. The van der Waals surface area contributed by atoms with Crippen molar-refractivity contribution in [3.63, 3.8) is 0 Å². The summed E-state index contributed by atoms with van der Waals surface area (Å²) in [5.74, 6) is -0.0484. The molecule has 1 aromatic heterocycles. The van der Waals surface area contributed by atoms with Crippen molar-refractivity contribution in [3.05, 3.63) is 54.4 Å². The summed E-state index contributed by atoms with van der Waals surface area (Å²) in [6.07, 6.45) is 6.97. The summed E-state index contributed by atoms with van der Waals surface area (Å²) in [5.41, 5.74) is 1.68. The largest absolute Gasteiger partial charge is 0.353 e. The van der Waals surface area contributed by atoms with Crippen molar-refractivity contribution in [3.8, 4) is 0 Å². The molecule has 2 aliphatic rings. The van der Waals surface area contributed by atoms with Crippen molar-refractivity contribution in [1.29, 1.82) is 0 Å². The Morgan fingerprint density at radius 1 is 1.26 bits per heavy atom. The Kier molecular flexibility index (Phi) is 8.02. The number of hydrogen-bond acceptors (Lipinski definition) is 6. The van der Waals surface area contributed by atoms with E-state index in [4.69, 9.17) is 0 Å². The van der Waals surface area contributed by atoms with Gasteiger partial charge in [-0.1, -0.05) is 12.1 Å². The van der Waals surface area contributed by atoms with Crippen molar-refractivity contribution >= 4 is 35.3 Å². The van der Waals surface area contributed by atoms with E-state index >= 15 is 0 Å². The van der Waals surface area contributed by atoms with E-state index in [9.17, 15) is 14.4 Å². The fourth-order valence-electron chi connectivity index (χ4n) is 4.49. The van der Waals surface area contributed by atoms with Gasteiger partial charge in [-0.2, -0.15) is 0 Å². The summed E-state index contributed by atoms with van der Waals surface area (Å²) in [6, 6.07) is 10.8. The molecule has 2 aromatic rings. The van der Waals surface area contributed by atoms with E-state index in [0.29, 0.717) is 38.9 Å². The van der Waals surface area contributed by atoms with E-state index in [1.165, 1.54) is 0 Å². The number of urea groups is 1. The molecule has 3 atom stereocenters. The zero-order valence-corrected chi connectivity index (χ0v) is 19.9. The summed E-state index contributed by atoms with van der Waals surface area (Å²) in [5, 5.41) is 11.8. The molecule has 0 saturated carbocycles. The summed E-state index contributed by atoms with van der Waals surface area (Å²) in [4.78, 5) is 44.6. The summed E-state index contributed by atoms with van der Waals surface area (Å²) in [6.45, 7) is 1.53. The smallest absolute Gasteiger partial charge is 0.319 e. The third-order valence-corrected chi connectivity index (χ3v) is 6.93. The molecule has 4 amide bonds. The number of benzene rings is 1. The van der Waals surface area contributed by atoms with Crippen molar-refractivity contribution in [1.82, 2.24) is 25.8 Å². The first-order valence-corrected chi connectivity index (χ1v) is 12.6. The van der Waals surface area contributed by atoms with Crippen LogP contribution in [0.2, 0.25) is 0 Å². The predicted octanol–water partition coefficient (Wildman–Crippen LogP) is 1.96. The molecule has 4 rings (SSSR count). The minimum absolute atomic E-state index is 0.0188. The van der Waals surface area contributed by atoms with Gasteiger partial charge in [0.2, 0.25) is 11.8 Å². The maximum atomic E-state index is 12.5. The van der Waals surface area contributed by atoms with E-state index in [0.717, 1.165) is 16.1 Å². The highest BCUT2D eigenvalue weighted by Crippen LogP contribution is 2.26. The standard InChI is InChI=1S/C24H30N6O3S/c1-34-20-6-2-5-17(10-20)28-24(33)29-18-11-21-23(32)27-14-19(30(21)15-18)7-8-22(31)26-13-16-4-3-9-25-12-16/h2-6,9-10,12,18-19,21H,7-8,11,13-15H2,1H3,(H,26,31)(H,27,32)(H2,28,29,33). The van der Waals surface area contributed by atoms with E-state index in [2.05, 4.69) is 31.2 Å². The van der Waals surface area contributed by atoms with Crippen molar-refractivity contribution in [2.45, 2.75) is 48.8 Å². The first kappa shape index (κ1) is 24.0. The Bertz CT molecular complexity index is 1020. The van der Waals surface area contributed by atoms with E-state index in [-0.39, 0.29) is 36.0 Å². The highest BCUT2D eigenvalue weighted by Gasteiger charge is 2.43. The molecule has 0 radical (unpaired) electrons. The molecule has 180 valence electrons. The van der Waals surface area contributed by atoms with Crippen molar-refractivity contribution in [2.24, 2.45) is 0 Å². The average Bonchev–Trinajstić information content (AvgIpc) is 3.27. The van der Waals surface area contributed by atoms with E-state index in [1.54, 1.807) is 24.2 Å². The lowest BCUT2D eigenvalue weighted by atomic mass is 10.0. The van der Waals surface area contributed by atoms with Gasteiger partial charge in [0, 0.05) is 61.1 Å². The van der Waals surface area contributed by atoms with Crippen LogP contribution in [0.3, 0.4) is 0 Å². The zero-order valence-electron chi connectivity index (χ0n) is 19.1. The highest BCUT2D eigenvalue weighted by atomic mass is 32.2. The van der Waals surface area contributed by atoms with Gasteiger partial charge in [0.15, 0.2) is 0 Å². The zero-order chi connectivity index (χ0) is 23.9. The maximum Gasteiger partial charge on any atom is 0.319 e. The van der Waals surface area contributed by atoms with Gasteiger partial charge in [-0.05, 0) is 48.9 Å². The molecular formula is C24H30N6O3S. The SMILES string of the molecule is CSc1cccc(NC(=O)NC2CC3C(=O)NCC(CCC(=O)NCc4cccnc4)N3C2)c1. The summed E-state index contributed by atoms with van der Waals surface area (Å²) < 4.78 is 0. The fraction of sp³-hybridized carbons (Fsp3) is 0.417. The first-order valence-electron chi connectivity index (χ1n) is 11.4. The van der Waals surface area contributed by atoms with Gasteiger partial charge in [0.05, 0.1) is 6.04 Å². The highest BCUT2D eigenvalue weighted by molar-refractivity contribution is 7.98. The molecule has 2 aliphatic heterocycles. The molecule has 3 heterocycles. The number of fused-ring (bicyclic) bond motifs is 1. The van der Waals surface area contributed by atoms with Crippen LogP contribution in [0.25, 0.3) is 0 Å². The topological polar surface area (TPSA) is 115 Å². The molecule has 2 fully saturated rings. The minimum Gasteiger partial charge on any atom is -0.353 e. The number of hydrogen-bond donors (Lipinski definition) is 4. The van der Waals surface area contributed by atoms with Gasteiger partial charge in [0.25, 0.3) is 0 Å². The van der Waals surface area contributed by atoms with Crippen LogP contribution in [0, 0.1) is 0 Å². The van der Waals surface area contributed by atoms with Crippen LogP contribution in [0.4, 0.5) is 10.5 Å². The molecule has 2 saturated heterocycles. The number of rotatable bonds is 8. The van der Waals surface area contributed by atoms with Crippen LogP contribution in [0.15, 0.2) is 53.7 Å². The van der Waals surface area contributed by atoms with Gasteiger partial charge < -0.3 is 21.3 Å². The van der Waals surface area contributed by atoms with Gasteiger partial charge in [-0.15, -0.1) is 11.8 Å². The Balaban J connectivity index is 1.26. The Morgan fingerprint density at radius 2 is 2.15 bits per heavy atom. The maximum absolute atomic E-state index is 12.5. The molecule has 0 aliphatic carbocycles. The number of carbonyl (C=O) groups excluding carboxylic acids is 3. The Labute approximate surface area is 203 Å².